The number of hydrogen-bond donors (Lipinski definition) is 1. The molecule has 2 heterocycles. The van der Waals surface area contributed by atoms with E-state index < -0.39 is 0 Å². The van der Waals surface area contributed by atoms with Crippen LogP contribution in [0.15, 0.2) is 41.3 Å². The maximum absolute atomic E-state index is 12.1. The van der Waals surface area contributed by atoms with E-state index >= 15 is 0 Å². The summed E-state index contributed by atoms with van der Waals surface area (Å²) in [5, 5.41) is 2.85. The number of amides is 1. The molecule has 0 aliphatic heterocycles. The second-order valence-electron chi connectivity index (χ2n) is 6.54. The lowest BCUT2D eigenvalue weighted by Gasteiger charge is -2.09. The summed E-state index contributed by atoms with van der Waals surface area (Å²) in [7, 11) is 0. The zero-order valence-electron chi connectivity index (χ0n) is 15.0. The molecule has 0 unspecified atom stereocenters. The summed E-state index contributed by atoms with van der Waals surface area (Å²) >= 11 is 1.47. The van der Waals surface area contributed by atoms with Gasteiger partial charge in [-0.2, -0.15) is 0 Å². The third-order valence-electron chi connectivity index (χ3n) is 3.65. The summed E-state index contributed by atoms with van der Waals surface area (Å²) in [4.78, 5) is 30.0. The predicted octanol–water partition coefficient (Wildman–Crippen LogP) is 3.63. The number of thiazole rings is 1. The van der Waals surface area contributed by atoms with Crippen molar-refractivity contribution in [2.45, 2.75) is 33.8 Å². The Morgan fingerprint density at radius 1 is 1.31 bits per heavy atom. The van der Waals surface area contributed by atoms with Crippen LogP contribution in [-0.2, 0) is 11.4 Å². The Balaban J connectivity index is 1.63. The minimum absolute atomic E-state index is 0.00196. The van der Waals surface area contributed by atoms with E-state index in [0.717, 1.165) is 10.6 Å². The van der Waals surface area contributed by atoms with Gasteiger partial charge in [0.25, 0.3) is 5.56 Å². The quantitative estimate of drug-likeness (QED) is 0.718. The van der Waals surface area contributed by atoms with E-state index in [1.165, 1.54) is 21.8 Å². The van der Waals surface area contributed by atoms with Gasteiger partial charge in [0.1, 0.15) is 12.4 Å². The van der Waals surface area contributed by atoms with Gasteiger partial charge in [0.15, 0.2) is 4.96 Å². The fourth-order valence-corrected chi connectivity index (χ4v) is 3.36. The molecule has 0 spiro atoms. The van der Waals surface area contributed by atoms with Gasteiger partial charge in [0.2, 0.25) is 5.91 Å². The Morgan fingerprint density at radius 3 is 2.73 bits per heavy atom. The second kappa shape index (κ2) is 7.70. The Hall–Kier alpha value is -2.67. The molecule has 0 aliphatic rings. The van der Waals surface area contributed by atoms with Crippen LogP contribution < -0.4 is 15.6 Å². The highest BCUT2D eigenvalue weighted by atomic mass is 32.1. The first kappa shape index (κ1) is 18.1. The molecular weight excluding hydrogens is 350 g/mol. The van der Waals surface area contributed by atoms with Crippen molar-refractivity contribution < 1.29 is 9.53 Å². The summed E-state index contributed by atoms with van der Waals surface area (Å²) in [6.45, 7) is 6.16. The molecule has 7 heteroatoms. The van der Waals surface area contributed by atoms with E-state index in [1.54, 1.807) is 30.5 Å². The molecule has 0 atom stereocenters. The Bertz CT molecular complexity index is 974. The lowest BCUT2D eigenvalue weighted by Crippen LogP contribution is -2.14. The molecule has 1 amide bonds. The van der Waals surface area contributed by atoms with Crippen LogP contribution in [0, 0.1) is 12.8 Å². The number of aryl methyl sites for hydroxylation is 1. The standard InChI is InChI=1S/C19H21N3O3S/c1-12(2)8-17(23)20-14-4-6-16(7-5-14)25-11-15-9-18(24)22-10-13(3)26-19(22)21-15/h4-7,9-10,12H,8,11H2,1-3H3,(H,20,23). The van der Waals surface area contributed by atoms with Gasteiger partial charge in [-0.05, 0) is 37.1 Å². The maximum atomic E-state index is 12.1. The number of fused-ring (bicyclic) bond motifs is 1. The molecule has 2 aromatic heterocycles. The summed E-state index contributed by atoms with van der Waals surface area (Å²) in [6.07, 6.45) is 2.27. The van der Waals surface area contributed by atoms with E-state index in [2.05, 4.69) is 10.3 Å². The molecular formula is C19H21N3O3S. The molecule has 3 rings (SSSR count). The zero-order valence-corrected chi connectivity index (χ0v) is 15.8. The van der Waals surface area contributed by atoms with Crippen molar-refractivity contribution in [2.24, 2.45) is 5.92 Å². The zero-order chi connectivity index (χ0) is 18.7. The smallest absolute Gasteiger partial charge is 0.258 e. The molecule has 0 radical (unpaired) electrons. The van der Waals surface area contributed by atoms with E-state index in [1.807, 2.05) is 20.8 Å². The molecule has 1 aromatic carbocycles. The number of benzene rings is 1. The molecule has 0 aliphatic carbocycles. The van der Waals surface area contributed by atoms with E-state index in [-0.39, 0.29) is 18.1 Å². The fourth-order valence-electron chi connectivity index (χ4n) is 2.51. The maximum Gasteiger partial charge on any atom is 0.258 e. The average Bonchev–Trinajstić information content (AvgIpc) is 2.94. The molecule has 0 saturated carbocycles. The van der Waals surface area contributed by atoms with Crippen molar-refractivity contribution in [3.63, 3.8) is 0 Å². The third kappa shape index (κ3) is 4.49. The predicted molar refractivity (Wildman–Crippen MR) is 103 cm³/mol. The number of nitrogens with one attached hydrogen (secondary N) is 1. The van der Waals surface area contributed by atoms with Crippen molar-refractivity contribution in [3.05, 3.63) is 57.5 Å². The van der Waals surface area contributed by atoms with Crippen LogP contribution in [0.25, 0.3) is 4.96 Å². The van der Waals surface area contributed by atoms with Crippen molar-refractivity contribution in [3.8, 4) is 5.75 Å². The summed E-state index contributed by atoms with van der Waals surface area (Å²) < 4.78 is 7.25. The number of hydrogen-bond acceptors (Lipinski definition) is 5. The first-order valence-electron chi connectivity index (χ1n) is 8.42. The molecule has 26 heavy (non-hydrogen) atoms. The molecule has 0 saturated heterocycles. The third-order valence-corrected chi connectivity index (χ3v) is 4.55. The van der Waals surface area contributed by atoms with Crippen LogP contribution >= 0.6 is 11.3 Å². The van der Waals surface area contributed by atoms with Gasteiger partial charge in [0.05, 0.1) is 5.69 Å². The van der Waals surface area contributed by atoms with Gasteiger partial charge in [0, 0.05) is 29.2 Å². The van der Waals surface area contributed by atoms with Gasteiger partial charge in [-0.3, -0.25) is 14.0 Å². The van der Waals surface area contributed by atoms with Crippen LogP contribution in [0.1, 0.15) is 30.8 Å². The normalized spacial score (nSPS) is 11.1. The largest absolute Gasteiger partial charge is 0.487 e. The van der Waals surface area contributed by atoms with Crippen LogP contribution in [0.4, 0.5) is 5.69 Å². The van der Waals surface area contributed by atoms with E-state index in [0.29, 0.717) is 28.7 Å². The number of carbonyl (C=O) groups excluding carboxylic acids is 1. The van der Waals surface area contributed by atoms with Gasteiger partial charge >= 0.3 is 0 Å². The number of rotatable bonds is 6. The van der Waals surface area contributed by atoms with Crippen molar-refractivity contribution >= 4 is 27.9 Å². The first-order chi connectivity index (χ1) is 12.4. The SMILES string of the molecule is Cc1cn2c(=O)cc(COc3ccc(NC(=O)CC(C)C)cc3)nc2s1. The molecule has 3 aromatic rings. The second-order valence-corrected chi connectivity index (χ2v) is 7.75. The highest BCUT2D eigenvalue weighted by Gasteiger charge is 2.07. The number of ether oxygens (including phenoxy) is 1. The Labute approximate surface area is 155 Å². The molecule has 0 bridgehead atoms. The van der Waals surface area contributed by atoms with E-state index in [4.69, 9.17) is 4.74 Å². The minimum Gasteiger partial charge on any atom is -0.487 e. The van der Waals surface area contributed by atoms with Crippen molar-refractivity contribution in [1.82, 2.24) is 9.38 Å². The molecule has 1 N–H and O–H groups in total. The van der Waals surface area contributed by atoms with Gasteiger partial charge in [-0.1, -0.05) is 13.8 Å². The van der Waals surface area contributed by atoms with E-state index in [9.17, 15) is 9.59 Å². The van der Waals surface area contributed by atoms with Crippen LogP contribution in [0.3, 0.4) is 0 Å². The van der Waals surface area contributed by atoms with Gasteiger partial charge in [-0.15, -0.1) is 11.3 Å². The summed E-state index contributed by atoms with van der Waals surface area (Å²) in [6, 6.07) is 8.64. The Kier molecular flexibility index (Phi) is 5.37. The average molecular weight is 371 g/mol. The monoisotopic (exact) mass is 371 g/mol. The van der Waals surface area contributed by atoms with Crippen LogP contribution in [0.5, 0.6) is 5.75 Å². The molecule has 0 fully saturated rings. The van der Waals surface area contributed by atoms with Crippen LogP contribution in [-0.4, -0.2) is 15.3 Å². The van der Waals surface area contributed by atoms with Crippen LogP contribution in [0.2, 0.25) is 0 Å². The highest BCUT2D eigenvalue weighted by Crippen LogP contribution is 2.18. The summed E-state index contributed by atoms with van der Waals surface area (Å²) in [5.74, 6) is 0.966. The number of aromatic nitrogens is 2. The summed E-state index contributed by atoms with van der Waals surface area (Å²) in [5.41, 5.74) is 1.21. The number of nitrogens with zero attached hydrogens (tertiary/aromatic N) is 2. The number of carbonyl (C=O) groups is 1. The first-order valence-corrected chi connectivity index (χ1v) is 9.24. The number of anilines is 1. The fraction of sp³-hybridized carbons (Fsp3) is 0.316. The topological polar surface area (TPSA) is 72.7 Å². The molecule has 136 valence electrons. The minimum atomic E-state index is -0.110. The van der Waals surface area contributed by atoms with Crippen molar-refractivity contribution in [1.29, 1.82) is 0 Å². The molecule has 6 nitrogen and oxygen atoms in total. The Morgan fingerprint density at radius 2 is 2.04 bits per heavy atom. The van der Waals surface area contributed by atoms with Crippen molar-refractivity contribution in [2.75, 3.05) is 5.32 Å². The highest BCUT2D eigenvalue weighted by molar-refractivity contribution is 7.16. The van der Waals surface area contributed by atoms with Gasteiger partial charge in [-0.25, -0.2) is 4.98 Å². The van der Waals surface area contributed by atoms with Gasteiger partial charge < -0.3 is 10.1 Å². The lowest BCUT2D eigenvalue weighted by atomic mass is 10.1. The lowest BCUT2D eigenvalue weighted by molar-refractivity contribution is -0.116.